The molecule has 3 amide bonds. The summed E-state index contributed by atoms with van der Waals surface area (Å²) in [5.41, 5.74) is 1.19. The molecule has 6 rings (SSSR count). The number of methoxy groups -OCH3 is 1. The maximum Gasteiger partial charge on any atom is 0.270 e. The number of nitrogens with one attached hydrogen (secondary N) is 2. The number of carbonyl (C=O) groups excluding carboxylic acids is 3. The van der Waals surface area contributed by atoms with Gasteiger partial charge in [0.05, 0.1) is 23.1 Å². The minimum absolute atomic E-state index is 0.00938. The molecule has 1 aliphatic carbocycles. The van der Waals surface area contributed by atoms with Crippen LogP contribution in [0.3, 0.4) is 0 Å². The highest BCUT2D eigenvalue weighted by molar-refractivity contribution is 6.04. The van der Waals surface area contributed by atoms with E-state index in [9.17, 15) is 14.4 Å². The molecule has 10 nitrogen and oxygen atoms in total. The topological polar surface area (TPSA) is 103 Å². The summed E-state index contributed by atoms with van der Waals surface area (Å²) in [7, 11) is 3.78. The second-order valence-corrected chi connectivity index (χ2v) is 14.0. The zero-order valence-corrected chi connectivity index (χ0v) is 27.7. The average molecular weight is 632 g/mol. The van der Waals surface area contributed by atoms with Gasteiger partial charge in [0.1, 0.15) is 5.75 Å². The van der Waals surface area contributed by atoms with E-state index in [2.05, 4.69) is 34.7 Å². The first-order valence-electron chi connectivity index (χ1n) is 16.9. The van der Waals surface area contributed by atoms with Gasteiger partial charge in [-0.15, -0.1) is 0 Å². The molecular weight excluding hydrogens is 582 g/mol. The van der Waals surface area contributed by atoms with Crippen LogP contribution in [0.25, 0.3) is 0 Å². The number of fused-ring (bicyclic) bond motifs is 1. The Kier molecular flexibility index (Phi) is 9.41. The Morgan fingerprint density at radius 1 is 1.07 bits per heavy atom. The highest BCUT2D eigenvalue weighted by Crippen LogP contribution is 2.43. The van der Waals surface area contributed by atoms with Gasteiger partial charge in [-0.3, -0.25) is 14.4 Å². The molecule has 248 valence electrons. The molecule has 3 aliphatic heterocycles. The Morgan fingerprint density at radius 3 is 2.48 bits per heavy atom. The normalized spacial score (nSPS) is 24.1. The molecule has 2 atom stereocenters. The van der Waals surface area contributed by atoms with Crippen LogP contribution in [0.2, 0.25) is 0 Å². The van der Waals surface area contributed by atoms with E-state index in [4.69, 9.17) is 9.47 Å². The molecule has 2 aromatic carbocycles. The van der Waals surface area contributed by atoms with Crippen LogP contribution in [0.1, 0.15) is 57.9 Å². The van der Waals surface area contributed by atoms with Crippen LogP contribution < -0.4 is 25.2 Å². The Labute approximate surface area is 272 Å². The molecule has 1 unspecified atom stereocenters. The fourth-order valence-electron chi connectivity index (χ4n) is 7.25. The minimum atomic E-state index is -0.983. The third-order valence-electron chi connectivity index (χ3n) is 10.1. The molecule has 4 aliphatic rings. The number of carbonyl (C=O) groups is 3. The third-order valence-corrected chi connectivity index (χ3v) is 10.1. The summed E-state index contributed by atoms with van der Waals surface area (Å²) in [5.74, 6) is -0.0843. The SMILES string of the molecule is COCCCN1C(=O)C(C)(C)Oc2ccc(N(C(=O)C3CNC[C@@H](C(=O)NC4(c5ccccc5)CCN(C)CC4)C3)C3CC3)cc21. The number of amides is 3. The van der Waals surface area contributed by atoms with Gasteiger partial charge in [-0.05, 0) is 83.2 Å². The van der Waals surface area contributed by atoms with Crippen molar-refractivity contribution in [3.8, 4) is 5.75 Å². The molecule has 1 saturated carbocycles. The van der Waals surface area contributed by atoms with Gasteiger partial charge in [-0.25, -0.2) is 0 Å². The number of benzene rings is 2. The summed E-state index contributed by atoms with van der Waals surface area (Å²) in [4.78, 5) is 47.6. The molecular formula is C36H49N5O5. The number of likely N-dealkylation sites (tertiary alicyclic amines) is 1. The lowest BCUT2D eigenvalue weighted by atomic mass is 9.79. The lowest BCUT2D eigenvalue weighted by Gasteiger charge is -2.43. The maximum absolute atomic E-state index is 14.3. The molecule has 0 spiro atoms. The monoisotopic (exact) mass is 631 g/mol. The second-order valence-electron chi connectivity index (χ2n) is 14.0. The van der Waals surface area contributed by atoms with Crippen LogP contribution in [-0.2, 0) is 24.7 Å². The van der Waals surface area contributed by atoms with Gasteiger partial charge in [0.2, 0.25) is 11.8 Å². The first-order chi connectivity index (χ1) is 22.1. The molecule has 0 bridgehead atoms. The van der Waals surface area contributed by atoms with E-state index >= 15 is 0 Å². The Balaban J connectivity index is 1.20. The Hall–Kier alpha value is -3.47. The van der Waals surface area contributed by atoms with E-state index in [1.807, 2.05) is 41.3 Å². The van der Waals surface area contributed by atoms with Crippen molar-refractivity contribution in [2.75, 3.05) is 63.3 Å². The van der Waals surface area contributed by atoms with Crippen molar-refractivity contribution in [3.05, 3.63) is 54.1 Å². The fraction of sp³-hybridized carbons (Fsp3) is 0.583. The number of anilines is 2. The summed E-state index contributed by atoms with van der Waals surface area (Å²) in [6.07, 6.45) is 4.74. The lowest BCUT2D eigenvalue weighted by molar-refractivity contribution is -0.133. The minimum Gasteiger partial charge on any atom is -0.476 e. The predicted octanol–water partition coefficient (Wildman–Crippen LogP) is 3.69. The summed E-state index contributed by atoms with van der Waals surface area (Å²) in [6.45, 7) is 7.51. The summed E-state index contributed by atoms with van der Waals surface area (Å²) >= 11 is 0. The van der Waals surface area contributed by atoms with Crippen molar-refractivity contribution in [1.29, 1.82) is 0 Å². The van der Waals surface area contributed by atoms with Crippen molar-refractivity contribution >= 4 is 29.1 Å². The van der Waals surface area contributed by atoms with Gasteiger partial charge in [0, 0.05) is 58.2 Å². The van der Waals surface area contributed by atoms with Gasteiger partial charge in [0.15, 0.2) is 5.60 Å². The Bertz CT molecular complexity index is 1420. The number of rotatable bonds is 10. The molecule has 3 fully saturated rings. The highest BCUT2D eigenvalue weighted by atomic mass is 16.5. The van der Waals surface area contributed by atoms with Crippen LogP contribution in [0.5, 0.6) is 5.75 Å². The van der Waals surface area contributed by atoms with Crippen LogP contribution in [0.15, 0.2) is 48.5 Å². The van der Waals surface area contributed by atoms with E-state index in [0.29, 0.717) is 50.5 Å². The second kappa shape index (κ2) is 13.3. The Morgan fingerprint density at radius 2 is 1.78 bits per heavy atom. The van der Waals surface area contributed by atoms with Gasteiger partial charge in [-0.1, -0.05) is 30.3 Å². The zero-order chi connectivity index (χ0) is 32.5. The van der Waals surface area contributed by atoms with Crippen molar-refractivity contribution in [2.24, 2.45) is 11.8 Å². The summed E-state index contributed by atoms with van der Waals surface area (Å²) in [6, 6.07) is 16.1. The quantitative estimate of drug-likeness (QED) is 0.386. The summed E-state index contributed by atoms with van der Waals surface area (Å²) in [5, 5.41) is 6.88. The molecule has 2 saturated heterocycles. The average Bonchev–Trinajstić information content (AvgIpc) is 3.90. The molecule has 2 aromatic rings. The van der Waals surface area contributed by atoms with E-state index in [1.54, 1.807) is 25.9 Å². The fourth-order valence-corrected chi connectivity index (χ4v) is 7.25. The van der Waals surface area contributed by atoms with Crippen LogP contribution >= 0.6 is 0 Å². The summed E-state index contributed by atoms with van der Waals surface area (Å²) < 4.78 is 11.4. The van der Waals surface area contributed by atoms with Crippen LogP contribution in [-0.4, -0.2) is 87.8 Å². The number of hydrogen-bond donors (Lipinski definition) is 2. The van der Waals surface area contributed by atoms with Gasteiger partial charge in [0.25, 0.3) is 5.91 Å². The number of nitrogens with zero attached hydrogens (tertiary/aromatic N) is 3. The zero-order valence-electron chi connectivity index (χ0n) is 27.7. The van der Waals surface area contributed by atoms with Crippen molar-refractivity contribution in [1.82, 2.24) is 15.5 Å². The predicted molar refractivity (Wildman–Crippen MR) is 178 cm³/mol. The van der Waals surface area contributed by atoms with E-state index in [-0.39, 0.29) is 35.6 Å². The van der Waals surface area contributed by atoms with Gasteiger partial charge >= 0.3 is 0 Å². The van der Waals surface area contributed by atoms with Crippen LogP contribution in [0, 0.1) is 11.8 Å². The first kappa shape index (κ1) is 32.5. The van der Waals surface area contributed by atoms with Gasteiger partial charge < -0.3 is 34.8 Å². The third kappa shape index (κ3) is 6.66. The van der Waals surface area contributed by atoms with Gasteiger partial charge in [-0.2, -0.15) is 0 Å². The standard InChI is InChI=1S/C36H49N5O5/c1-35(2)34(44)40(17-8-20-45-4)30-22-29(13-14-31(30)46-35)41(28-11-12-28)33(43)26-21-25(23-37-24-26)32(42)38-36(15-18-39(3)19-16-36)27-9-6-5-7-10-27/h5-7,9-10,13-14,22,25-26,28,37H,8,11-12,15-21,23-24H2,1-4H3,(H,38,42)/t25-,26?/m0/s1. The van der Waals surface area contributed by atoms with Crippen molar-refractivity contribution < 1.29 is 23.9 Å². The highest BCUT2D eigenvalue weighted by Gasteiger charge is 2.44. The molecule has 10 heteroatoms. The maximum atomic E-state index is 14.3. The van der Waals surface area contributed by atoms with Crippen molar-refractivity contribution in [3.63, 3.8) is 0 Å². The smallest absolute Gasteiger partial charge is 0.270 e. The molecule has 0 aromatic heterocycles. The largest absolute Gasteiger partial charge is 0.476 e. The van der Waals surface area contributed by atoms with E-state index in [1.165, 1.54) is 0 Å². The number of piperidine rings is 2. The van der Waals surface area contributed by atoms with Crippen LogP contribution in [0.4, 0.5) is 11.4 Å². The number of ether oxygens (including phenoxy) is 2. The first-order valence-corrected chi connectivity index (χ1v) is 16.9. The molecule has 46 heavy (non-hydrogen) atoms. The number of hydrogen-bond acceptors (Lipinski definition) is 7. The molecule has 3 heterocycles. The molecule has 2 N–H and O–H groups in total. The van der Waals surface area contributed by atoms with E-state index in [0.717, 1.165) is 50.0 Å². The van der Waals surface area contributed by atoms with Crippen molar-refractivity contribution in [2.45, 2.75) is 69.6 Å². The lowest BCUT2D eigenvalue weighted by Crippen LogP contribution is -2.56. The van der Waals surface area contributed by atoms with E-state index < -0.39 is 11.1 Å². The molecule has 0 radical (unpaired) electrons.